The van der Waals surface area contributed by atoms with Crippen molar-refractivity contribution in [1.29, 1.82) is 0 Å². The fourth-order valence-corrected chi connectivity index (χ4v) is 2.57. The van der Waals surface area contributed by atoms with Gasteiger partial charge < -0.3 is 11.1 Å². The second-order valence-electron chi connectivity index (χ2n) is 4.84. The zero-order valence-electron chi connectivity index (χ0n) is 11.4. The maximum atomic E-state index is 12.0. The van der Waals surface area contributed by atoms with Crippen LogP contribution in [0, 0.1) is 19.8 Å². The van der Waals surface area contributed by atoms with Gasteiger partial charge in [-0.3, -0.25) is 4.79 Å². The number of carbonyl (C=O) groups is 1. The Labute approximate surface area is 117 Å². The zero-order valence-corrected chi connectivity index (χ0v) is 13.0. The van der Waals surface area contributed by atoms with E-state index < -0.39 is 6.04 Å². The first kappa shape index (κ1) is 15.2. The van der Waals surface area contributed by atoms with E-state index in [1.54, 1.807) is 0 Å². The van der Waals surface area contributed by atoms with Crippen molar-refractivity contribution in [1.82, 2.24) is 0 Å². The van der Waals surface area contributed by atoms with Crippen LogP contribution in [-0.4, -0.2) is 11.9 Å². The van der Waals surface area contributed by atoms with Gasteiger partial charge >= 0.3 is 0 Å². The molecule has 0 spiro atoms. The maximum Gasteiger partial charge on any atom is 0.241 e. The Morgan fingerprint density at radius 2 is 2.06 bits per heavy atom. The highest BCUT2D eigenvalue weighted by Crippen LogP contribution is 2.28. The molecule has 1 amide bonds. The summed E-state index contributed by atoms with van der Waals surface area (Å²) in [6, 6.07) is 3.55. The highest BCUT2D eigenvalue weighted by molar-refractivity contribution is 9.10. The second kappa shape index (κ2) is 6.34. The lowest BCUT2D eigenvalue weighted by atomic mass is 9.99. The van der Waals surface area contributed by atoms with E-state index in [4.69, 9.17) is 5.73 Å². The lowest BCUT2D eigenvalue weighted by molar-refractivity contribution is -0.118. The molecule has 100 valence electrons. The highest BCUT2D eigenvalue weighted by Gasteiger charge is 2.20. The first-order valence-electron chi connectivity index (χ1n) is 6.20. The van der Waals surface area contributed by atoms with Crippen LogP contribution in [0.1, 0.15) is 31.4 Å². The Hall–Kier alpha value is -0.870. The van der Waals surface area contributed by atoms with E-state index in [0.717, 1.165) is 27.7 Å². The Morgan fingerprint density at radius 3 is 2.56 bits per heavy atom. The summed E-state index contributed by atoms with van der Waals surface area (Å²) in [4.78, 5) is 12.0. The first-order chi connectivity index (χ1) is 8.36. The molecule has 1 rings (SSSR count). The number of anilines is 1. The Balaban J connectivity index is 2.89. The summed E-state index contributed by atoms with van der Waals surface area (Å²) < 4.78 is 0.893. The molecule has 18 heavy (non-hydrogen) atoms. The topological polar surface area (TPSA) is 55.1 Å². The quantitative estimate of drug-likeness (QED) is 0.895. The summed E-state index contributed by atoms with van der Waals surface area (Å²) >= 11 is 3.47. The molecule has 0 heterocycles. The van der Waals surface area contributed by atoms with Crippen molar-refractivity contribution >= 4 is 27.5 Å². The first-order valence-corrected chi connectivity index (χ1v) is 6.99. The molecule has 0 aromatic heterocycles. The zero-order chi connectivity index (χ0) is 13.9. The van der Waals surface area contributed by atoms with Crippen LogP contribution >= 0.6 is 15.9 Å². The van der Waals surface area contributed by atoms with Gasteiger partial charge in [0.15, 0.2) is 0 Å². The van der Waals surface area contributed by atoms with Crippen molar-refractivity contribution in [3.8, 4) is 0 Å². The molecule has 0 bridgehead atoms. The number of rotatable bonds is 4. The Bertz CT molecular complexity index is 422. The average Bonchev–Trinajstić information content (AvgIpc) is 2.31. The second-order valence-corrected chi connectivity index (χ2v) is 5.69. The van der Waals surface area contributed by atoms with Crippen molar-refractivity contribution in [3.05, 3.63) is 27.7 Å². The number of amides is 1. The summed E-state index contributed by atoms with van der Waals surface area (Å²) in [6.07, 6.45) is 0.892. The van der Waals surface area contributed by atoms with Crippen LogP contribution in [0.3, 0.4) is 0 Å². The van der Waals surface area contributed by atoms with Crippen LogP contribution < -0.4 is 11.1 Å². The van der Waals surface area contributed by atoms with E-state index in [1.807, 2.05) is 39.8 Å². The van der Waals surface area contributed by atoms with Gasteiger partial charge in [-0.1, -0.05) is 26.3 Å². The molecule has 0 saturated carbocycles. The van der Waals surface area contributed by atoms with Crippen molar-refractivity contribution in [2.45, 2.75) is 40.2 Å². The molecule has 1 aromatic rings. The summed E-state index contributed by atoms with van der Waals surface area (Å²) in [5.41, 5.74) is 8.92. The predicted octanol–water partition coefficient (Wildman–Crippen LogP) is 3.38. The fraction of sp³-hybridized carbons (Fsp3) is 0.500. The summed E-state index contributed by atoms with van der Waals surface area (Å²) in [7, 11) is 0. The van der Waals surface area contributed by atoms with Gasteiger partial charge in [0, 0.05) is 4.47 Å². The lowest BCUT2D eigenvalue weighted by Gasteiger charge is -2.19. The van der Waals surface area contributed by atoms with Crippen LogP contribution in [0.15, 0.2) is 16.6 Å². The number of nitrogens with one attached hydrogen (secondary N) is 1. The molecule has 0 radical (unpaired) electrons. The summed E-state index contributed by atoms with van der Waals surface area (Å²) in [5.74, 6) is 0.0477. The largest absolute Gasteiger partial charge is 0.323 e. The van der Waals surface area contributed by atoms with E-state index in [1.165, 1.54) is 0 Å². The van der Waals surface area contributed by atoms with E-state index in [0.29, 0.717) is 0 Å². The van der Waals surface area contributed by atoms with E-state index in [2.05, 4.69) is 21.2 Å². The molecule has 0 saturated heterocycles. The molecule has 1 aromatic carbocycles. The van der Waals surface area contributed by atoms with Gasteiger partial charge in [0.05, 0.1) is 11.7 Å². The normalized spacial score (nSPS) is 14.1. The van der Waals surface area contributed by atoms with Crippen LogP contribution in [-0.2, 0) is 4.79 Å². The number of hydrogen-bond acceptors (Lipinski definition) is 2. The van der Waals surface area contributed by atoms with Gasteiger partial charge in [-0.2, -0.15) is 0 Å². The van der Waals surface area contributed by atoms with Crippen molar-refractivity contribution in [2.24, 2.45) is 11.7 Å². The number of aryl methyl sites for hydroxylation is 2. The monoisotopic (exact) mass is 312 g/mol. The molecular formula is C14H21BrN2O. The van der Waals surface area contributed by atoms with Gasteiger partial charge in [-0.05, 0) is 52.9 Å². The molecule has 0 aliphatic rings. The van der Waals surface area contributed by atoms with Crippen molar-refractivity contribution < 1.29 is 4.79 Å². The molecule has 4 heteroatoms. The standard InChI is InChI=1S/C14H21BrN2O/c1-5-9(3)12(16)14(18)17-13-10(4)6-8(2)7-11(13)15/h6-7,9,12H,5,16H2,1-4H3,(H,17,18). The van der Waals surface area contributed by atoms with Crippen molar-refractivity contribution in [2.75, 3.05) is 5.32 Å². The van der Waals surface area contributed by atoms with E-state index >= 15 is 0 Å². The number of hydrogen-bond donors (Lipinski definition) is 2. The SMILES string of the molecule is CCC(C)C(N)C(=O)Nc1c(C)cc(C)cc1Br. The third-order valence-corrected chi connectivity index (χ3v) is 3.87. The Kier molecular flexibility index (Phi) is 5.35. The minimum atomic E-state index is -0.470. The Morgan fingerprint density at radius 1 is 1.44 bits per heavy atom. The summed E-state index contributed by atoms with van der Waals surface area (Å²) in [5, 5.41) is 2.91. The lowest BCUT2D eigenvalue weighted by Crippen LogP contribution is -2.40. The van der Waals surface area contributed by atoms with Gasteiger partial charge in [-0.15, -0.1) is 0 Å². The number of carbonyl (C=O) groups excluding carboxylic acids is 1. The molecule has 0 aliphatic carbocycles. The fourth-order valence-electron chi connectivity index (χ4n) is 1.79. The average molecular weight is 313 g/mol. The molecular weight excluding hydrogens is 292 g/mol. The molecule has 2 atom stereocenters. The minimum absolute atomic E-state index is 0.128. The maximum absolute atomic E-state index is 12.0. The third kappa shape index (κ3) is 3.56. The van der Waals surface area contributed by atoms with Gasteiger partial charge in [0.1, 0.15) is 0 Å². The summed E-state index contributed by atoms with van der Waals surface area (Å²) in [6.45, 7) is 8.02. The van der Waals surface area contributed by atoms with Gasteiger partial charge in [0.2, 0.25) is 5.91 Å². The van der Waals surface area contributed by atoms with E-state index in [9.17, 15) is 4.79 Å². The molecule has 0 fully saturated rings. The molecule has 2 unspecified atom stereocenters. The number of nitrogens with two attached hydrogens (primary N) is 1. The predicted molar refractivity (Wildman–Crippen MR) is 79.7 cm³/mol. The molecule has 3 N–H and O–H groups in total. The smallest absolute Gasteiger partial charge is 0.241 e. The molecule has 0 aliphatic heterocycles. The molecule has 3 nitrogen and oxygen atoms in total. The van der Waals surface area contributed by atoms with Crippen LogP contribution in [0.2, 0.25) is 0 Å². The number of benzene rings is 1. The van der Waals surface area contributed by atoms with Gasteiger partial charge in [0.25, 0.3) is 0 Å². The third-order valence-electron chi connectivity index (χ3n) is 3.24. The van der Waals surface area contributed by atoms with E-state index in [-0.39, 0.29) is 11.8 Å². The van der Waals surface area contributed by atoms with Crippen LogP contribution in [0.5, 0.6) is 0 Å². The van der Waals surface area contributed by atoms with Crippen LogP contribution in [0.25, 0.3) is 0 Å². The van der Waals surface area contributed by atoms with Crippen LogP contribution in [0.4, 0.5) is 5.69 Å². The van der Waals surface area contributed by atoms with Crippen molar-refractivity contribution in [3.63, 3.8) is 0 Å². The highest BCUT2D eigenvalue weighted by atomic mass is 79.9. The number of halogens is 1. The van der Waals surface area contributed by atoms with Gasteiger partial charge in [-0.25, -0.2) is 0 Å². The minimum Gasteiger partial charge on any atom is -0.323 e.